The molecular weight excluding hydrogens is 273 g/mol. The van der Waals surface area contributed by atoms with E-state index in [4.69, 9.17) is 10.6 Å². The number of benzene rings is 1. The van der Waals surface area contributed by atoms with Gasteiger partial charge in [-0.2, -0.15) is 0 Å². The van der Waals surface area contributed by atoms with Crippen molar-refractivity contribution in [2.75, 3.05) is 17.9 Å². The number of ether oxygens (including phenoxy) is 1. The minimum Gasteiger partial charge on any atom is -0.494 e. The second kappa shape index (κ2) is 6.85. The SMILES string of the molecule is CCCc1c(NN)ncnc1Nc1ccc(F)cc1OC. The zero-order chi connectivity index (χ0) is 15.2. The molecule has 0 aliphatic heterocycles. The molecule has 0 unspecified atom stereocenters. The van der Waals surface area contributed by atoms with E-state index >= 15 is 0 Å². The molecule has 4 N–H and O–H groups in total. The Bertz CT molecular complexity index is 620. The van der Waals surface area contributed by atoms with E-state index in [0.29, 0.717) is 23.1 Å². The minimum atomic E-state index is -0.363. The smallest absolute Gasteiger partial charge is 0.148 e. The van der Waals surface area contributed by atoms with Crippen LogP contribution in [0.25, 0.3) is 0 Å². The van der Waals surface area contributed by atoms with Gasteiger partial charge in [0.1, 0.15) is 29.5 Å². The molecular formula is C14H18FN5O. The molecule has 0 amide bonds. The van der Waals surface area contributed by atoms with Gasteiger partial charge in [0.25, 0.3) is 0 Å². The third kappa shape index (κ3) is 3.38. The van der Waals surface area contributed by atoms with Gasteiger partial charge < -0.3 is 15.5 Å². The number of nitrogens with two attached hydrogens (primary N) is 1. The molecule has 0 fully saturated rings. The van der Waals surface area contributed by atoms with Crippen LogP contribution in [0.1, 0.15) is 18.9 Å². The van der Waals surface area contributed by atoms with Crippen molar-refractivity contribution >= 4 is 17.3 Å². The fourth-order valence-corrected chi connectivity index (χ4v) is 2.03. The van der Waals surface area contributed by atoms with E-state index in [1.54, 1.807) is 6.07 Å². The predicted molar refractivity (Wildman–Crippen MR) is 80.1 cm³/mol. The van der Waals surface area contributed by atoms with E-state index in [0.717, 1.165) is 18.4 Å². The lowest BCUT2D eigenvalue weighted by atomic mass is 10.1. The van der Waals surface area contributed by atoms with Crippen molar-refractivity contribution in [1.29, 1.82) is 0 Å². The maximum absolute atomic E-state index is 13.2. The van der Waals surface area contributed by atoms with E-state index in [1.165, 1.54) is 25.6 Å². The molecule has 0 saturated heterocycles. The molecule has 0 atom stereocenters. The molecule has 7 heteroatoms. The van der Waals surface area contributed by atoms with Crippen LogP contribution in [0.15, 0.2) is 24.5 Å². The van der Waals surface area contributed by atoms with E-state index in [9.17, 15) is 4.39 Å². The number of halogens is 1. The number of nitrogens with zero attached hydrogens (tertiary/aromatic N) is 2. The van der Waals surface area contributed by atoms with Crippen LogP contribution < -0.4 is 21.3 Å². The maximum Gasteiger partial charge on any atom is 0.148 e. The van der Waals surface area contributed by atoms with Gasteiger partial charge in [0.2, 0.25) is 0 Å². The average Bonchev–Trinajstić information content (AvgIpc) is 2.50. The first kappa shape index (κ1) is 15.0. The summed E-state index contributed by atoms with van der Waals surface area (Å²) in [6.07, 6.45) is 3.08. The largest absolute Gasteiger partial charge is 0.494 e. The van der Waals surface area contributed by atoms with Crippen LogP contribution in [0.3, 0.4) is 0 Å². The van der Waals surface area contributed by atoms with Crippen LogP contribution in [0.4, 0.5) is 21.7 Å². The van der Waals surface area contributed by atoms with Crippen molar-refractivity contribution in [3.63, 3.8) is 0 Å². The highest BCUT2D eigenvalue weighted by molar-refractivity contribution is 5.69. The van der Waals surface area contributed by atoms with Crippen LogP contribution in [-0.4, -0.2) is 17.1 Å². The zero-order valence-electron chi connectivity index (χ0n) is 12.0. The number of hydrogen-bond acceptors (Lipinski definition) is 6. The van der Waals surface area contributed by atoms with Crippen molar-refractivity contribution < 1.29 is 9.13 Å². The van der Waals surface area contributed by atoms with Crippen molar-refractivity contribution in [3.05, 3.63) is 35.9 Å². The van der Waals surface area contributed by atoms with Gasteiger partial charge >= 0.3 is 0 Å². The van der Waals surface area contributed by atoms with Crippen LogP contribution in [-0.2, 0) is 6.42 Å². The summed E-state index contributed by atoms with van der Waals surface area (Å²) in [5.41, 5.74) is 4.05. The van der Waals surface area contributed by atoms with Crippen LogP contribution in [0, 0.1) is 5.82 Å². The molecule has 1 aromatic heterocycles. The van der Waals surface area contributed by atoms with Gasteiger partial charge in [-0.1, -0.05) is 13.3 Å². The third-order valence-electron chi connectivity index (χ3n) is 3.00. The number of nitrogens with one attached hydrogen (secondary N) is 2. The highest BCUT2D eigenvalue weighted by Crippen LogP contribution is 2.30. The van der Waals surface area contributed by atoms with Crippen molar-refractivity contribution in [1.82, 2.24) is 9.97 Å². The number of hydrazine groups is 1. The molecule has 6 nitrogen and oxygen atoms in total. The Kier molecular flexibility index (Phi) is 4.89. The van der Waals surface area contributed by atoms with E-state index in [-0.39, 0.29) is 5.82 Å². The number of aromatic nitrogens is 2. The standard InChI is InChI=1S/C14H18FN5O/c1-3-4-10-13(17-8-18-14(10)20-16)19-11-6-5-9(15)7-12(11)21-2/h5-8H,3-4,16H2,1-2H3,(H2,17,18,19,20). The topological polar surface area (TPSA) is 85.1 Å². The van der Waals surface area contributed by atoms with E-state index in [2.05, 4.69) is 27.6 Å². The second-order valence-corrected chi connectivity index (χ2v) is 4.41. The fourth-order valence-electron chi connectivity index (χ4n) is 2.03. The van der Waals surface area contributed by atoms with Gasteiger partial charge in [-0.05, 0) is 18.6 Å². The van der Waals surface area contributed by atoms with Crippen molar-refractivity contribution in [2.24, 2.45) is 5.84 Å². The molecule has 1 aromatic carbocycles. The lowest BCUT2D eigenvalue weighted by Gasteiger charge is -2.15. The lowest BCUT2D eigenvalue weighted by molar-refractivity contribution is 0.413. The summed E-state index contributed by atoms with van der Waals surface area (Å²) < 4.78 is 18.4. The van der Waals surface area contributed by atoms with Crippen molar-refractivity contribution in [2.45, 2.75) is 19.8 Å². The summed E-state index contributed by atoms with van der Waals surface area (Å²) in [6, 6.07) is 4.26. The number of anilines is 3. The highest BCUT2D eigenvalue weighted by atomic mass is 19.1. The molecule has 1 heterocycles. The normalized spacial score (nSPS) is 10.3. The van der Waals surface area contributed by atoms with Crippen LogP contribution in [0.5, 0.6) is 5.75 Å². The Labute approximate surface area is 122 Å². The molecule has 112 valence electrons. The zero-order valence-corrected chi connectivity index (χ0v) is 12.0. The fraction of sp³-hybridized carbons (Fsp3) is 0.286. The third-order valence-corrected chi connectivity index (χ3v) is 3.00. The molecule has 0 radical (unpaired) electrons. The molecule has 0 saturated carbocycles. The quantitative estimate of drug-likeness (QED) is 0.560. The summed E-state index contributed by atoms with van der Waals surface area (Å²) >= 11 is 0. The summed E-state index contributed by atoms with van der Waals surface area (Å²) in [7, 11) is 1.49. The van der Waals surface area contributed by atoms with Crippen LogP contribution in [0.2, 0.25) is 0 Å². The second-order valence-electron chi connectivity index (χ2n) is 4.41. The van der Waals surface area contributed by atoms with E-state index in [1.807, 2.05) is 0 Å². The average molecular weight is 291 g/mol. The summed E-state index contributed by atoms with van der Waals surface area (Å²) in [5.74, 6) is 6.70. The minimum absolute atomic E-state index is 0.363. The monoisotopic (exact) mass is 291 g/mol. The molecule has 0 bridgehead atoms. The number of hydrogen-bond donors (Lipinski definition) is 3. The Morgan fingerprint density at radius 1 is 1.29 bits per heavy atom. The Morgan fingerprint density at radius 3 is 2.71 bits per heavy atom. The molecule has 0 spiro atoms. The van der Waals surface area contributed by atoms with Gasteiger partial charge in [-0.25, -0.2) is 20.2 Å². The first-order valence-corrected chi connectivity index (χ1v) is 6.60. The molecule has 0 aliphatic carbocycles. The van der Waals surface area contributed by atoms with Gasteiger partial charge in [0.05, 0.1) is 12.8 Å². The number of nitrogen functional groups attached to an aromatic ring is 1. The molecule has 2 rings (SSSR count). The van der Waals surface area contributed by atoms with Gasteiger partial charge in [-0.3, -0.25) is 0 Å². The van der Waals surface area contributed by atoms with Gasteiger partial charge in [0, 0.05) is 11.6 Å². The summed E-state index contributed by atoms with van der Waals surface area (Å²) in [6.45, 7) is 2.05. The number of methoxy groups -OCH3 is 1. The Morgan fingerprint density at radius 2 is 2.05 bits per heavy atom. The predicted octanol–water partition coefficient (Wildman–Crippen LogP) is 2.61. The molecule has 21 heavy (non-hydrogen) atoms. The first-order chi connectivity index (χ1) is 10.2. The summed E-state index contributed by atoms with van der Waals surface area (Å²) in [5, 5.41) is 3.14. The van der Waals surface area contributed by atoms with Gasteiger partial charge in [0.15, 0.2) is 0 Å². The molecule has 0 aliphatic rings. The molecule has 2 aromatic rings. The first-order valence-electron chi connectivity index (χ1n) is 6.60. The van der Waals surface area contributed by atoms with Crippen LogP contribution >= 0.6 is 0 Å². The summed E-state index contributed by atoms with van der Waals surface area (Å²) in [4.78, 5) is 8.33. The maximum atomic E-state index is 13.2. The number of rotatable bonds is 6. The highest BCUT2D eigenvalue weighted by Gasteiger charge is 2.12. The van der Waals surface area contributed by atoms with E-state index < -0.39 is 0 Å². The van der Waals surface area contributed by atoms with Crippen molar-refractivity contribution in [3.8, 4) is 5.75 Å². The Balaban J connectivity index is 2.39. The lowest BCUT2D eigenvalue weighted by Crippen LogP contribution is -2.13. The van der Waals surface area contributed by atoms with Gasteiger partial charge in [-0.15, -0.1) is 0 Å². The Hall–Kier alpha value is -2.41.